The molecule has 5 saturated carbocycles. The normalized spacial score (nSPS) is 40.5. The van der Waals surface area contributed by atoms with E-state index in [4.69, 9.17) is 0 Å². The summed E-state index contributed by atoms with van der Waals surface area (Å²) in [6.07, 6.45) is 38.5. The van der Waals surface area contributed by atoms with Crippen LogP contribution in [0, 0.1) is 47.3 Å². The molecule has 5 aliphatic carbocycles. The maximum atomic E-state index is 3.03. The summed E-state index contributed by atoms with van der Waals surface area (Å²) in [5, 5.41) is 0. The summed E-state index contributed by atoms with van der Waals surface area (Å²) < 4.78 is 0. The minimum absolute atomic E-state index is 0.746. The molecule has 1 aliphatic heterocycles. The highest BCUT2D eigenvalue weighted by molar-refractivity contribution is 5.18. The minimum atomic E-state index is 0.746. The highest BCUT2D eigenvalue weighted by Crippen LogP contribution is 2.47. The molecule has 0 aromatic carbocycles. The summed E-state index contributed by atoms with van der Waals surface area (Å²) in [6.45, 7) is 8.78. The molecule has 0 N–H and O–H groups in total. The average Bonchev–Trinajstić information content (AvgIpc) is 3.20. The molecule has 0 amide bonds. The standard InChI is InChI=1S/C42H70N2/c1-6-44-41-24-17-32(28-40(34-15-11-8-12-16-34)35-20-22-39(23-21-35)43(4)5)27-36(41)18-19-37-29-38(31(3)26-42(37)44)25-30(2)33-13-9-7-10-14-33/h18-19,25,28,31-39,41-42H,6-17,20-24,26-27,29H2,1-5H3/b30-25+,40-28+. The lowest BCUT2D eigenvalue weighted by Gasteiger charge is -2.48. The first-order chi connectivity index (χ1) is 21.4. The molecule has 44 heavy (non-hydrogen) atoms. The van der Waals surface area contributed by atoms with Crippen LogP contribution in [0.2, 0.25) is 0 Å². The quantitative estimate of drug-likeness (QED) is 0.267. The zero-order chi connectivity index (χ0) is 30.6. The van der Waals surface area contributed by atoms with Crippen LogP contribution < -0.4 is 0 Å². The molecular weight excluding hydrogens is 532 g/mol. The van der Waals surface area contributed by atoms with Gasteiger partial charge in [0.1, 0.15) is 0 Å². The summed E-state index contributed by atoms with van der Waals surface area (Å²) in [6, 6.07) is 2.34. The summed E-state index contributed by atoms with van der Waals surface area (Å²) >= 11 is 0. The van der Waals surface area contributed by atoms with Crippen LogP contribution in [-0.2, 0) is 0 Å². The van der Waals surface area contributed by atoms with Crippen molar-refractivity contribution >= 4 is 0 Å². The van der Waals surface area contributed by atoms with Crippen molar-refractivity contribution in [2.24, 2.45) is 47.3 Å². The predicted molar refractivity (Wildman–Crippen MR) is 190 cm³/mol. The van der Waals surface area contributed by atoms with Gasteiger partial charge in [-0.2, -0.15) is 0 Å². The zero-order valence-electron chi connectivity index (χ0n) is 29.7. The number of hydrogen-bond donors (Lipinski definition) is 0. The molecule has 248 valence electrons. The van der Waals surface area contributed by atoms with Gasteiger partial charge in [-0.1, -0.05) is 87.8 Å². The Morgan fingerprint density at radius 1 is 0.682 bits per heavy atom. The zero-order valence-corrected chi connectivity index (χ0v) is 29.7. The summed E-state index contributed by atoms with van der Waals surface area (Å²) in [7, 11) is 4.60. The highest BCUT2D eigenvalue weighted by Gasteiger charge is 2.43. The van der Waals surface area contributed by atoms with E-state index in [0.29, 0.717) is 0 Å². The second kappa shape index (κ2) is 15.4. The van der Waals surface area contributed by atoms with E-state index in [1.807, 2.05) is 5.57 Å². The van der Waals surface area contributed by atoms with E-state index >= 15 is 0 Å². The molecular formula is C42H70N2. The lowest BCUT2D eigenvalue weighted by atomic mass is 9.69. The van der Waals surface area contributed by atoms with Crippen LogP contribution in [0.5, 0.6) is 0 Å². The van der Waals surface area contributed by atoms with Crippen molar-refractivity contribution < 1.29 is 0 Å². The summed E-state index contributed by atoms with van der Waals surface area (Å²) in [5.41, 5.74) is 3.68. The van der Waals surface area contributed by atoms with Gasteiger partial charge in [0.15, 0.2) is 0 Å². The topological polar surface area (TPSA) is 6.48 Å². The maximum absolute atomic E-state index is 3.03. The van der Waals surface area contributed by atoms with Crippen molar-refractivity contribution in [3.63, 3.8) is 0 Å². The van der Waals surface area contributed by atoms with Gasteiger partial charge in [0.05, 0.1) is 0 Å². The third kappa shape index (κ3) is 7.64. The highest BCUT2D eigenvalue weighted by atomic mass is 15.2. The Morgan fingerprint density at radius 2 is 1.30 bits per heavy atom. The van der Waals surface area contributed by atoms with E-state index in [1.165, 1.54) is 129 Å². The van der Waals surface area contributed by atoms with Gasteiger partial charge >= 0.3 is 0 Å². The number of rotatable bonds is 7. The van der Waals surface area contributed by atoms with E-state index in [1.54, 1.807) is 5.57 Å². The molecule has 6 rings (SSSR count). The molecule has 5 fully saturated rings. The molecule has 1 heterocycles. The van der Waals surface area contributed by atoms with Crippen LogP contribution >= 0.6 is 0 Å². The van der Waals surface area contributed by atoms with Crippen LogP contribution in [0.25, 0.3) is 0 Å². The Balaban J connectivity index is 1.16. The number of fused-ring (bicyclic) bond motifs is 2. The van der Waals surface area contributed by atoms with Crippen molar-refractivity contribution in [2.75, 3.05) is 20.6 Å². The average molecular weight is 603 g/mol. The Morgan fingerprint density at radius 3 is 1.93 bits per heavy atom. The fraction of sp³-hybridized carbons (Fsp3) is 0.857. The van der Waals surface area contributed by atoms with Gasteiger partial charge < -0.3 is 4.90 Å². The van der Waals surface area contributed by atoms with Crippen LogP contribution in [0.4, 0.5) is 0 Å². The second-order valence-corrected chi connectivity index (χ2v) is 17.1. The minimum Gasteiger partial charge on any atom is -0.306 e. The molecule has 0 aromatic rings. The van der Waals surface area contributed by atoms with Gasteiger partial charge in [-0.05, 0) is 158 Å². The fourth-order valence-electron chi connectivity index (χ4n) is 11.5. The van der Waals surface area contributed by atoms with Crippen LogP contribution in [0.15, 0.2) is 35.5 Å². The Labute approximate surface area is 273 Å². The van der Waals surface area contributed by atoms with Crippen molar-refractivity contribution in [3.8, 4) is 0 Å². The van der Waals surface area contributed by atoms with Crippen molar-refractivity contribution in [3.05, 3.63) is 35.5 Å². The molecule has 0 spiro atoms. The van der Waals surface area contributed by atoms with Gasteiger partial charge in [0, 0.05) is 18.1 Å². The lowest BCUT2D eigenvalue weighted by Crippen LogP contribution is -2.52. The molecule has 0 aromatic heterocycles. The van der Waals surface area contributed by atoms with E-state index in [2.05, 4.69) is 69.0 Å². The molecule has 7 unspecified atom stereocenters. The van der Waals surface area contributed by atoms with Crippen molar-refractivity contribution in [1.29, 1.82) is 0 Å². The summed E-state index contributed by atoms with van der Waals surface area (Å²) in [5.74, 6) is 6.53. The molecule has 2 heteroatoms. The maximum Gasteiger partial charge on any atom is 0.0164 e. The van der Waals surface area contributed by atoms with Gasteiger partial charge in [0.25, 0.3) is 0 Å². The van der Waals surface area contributed by atoms with Crippen LogP contribution in [0.3, 0.4) is 0 Å². The van der Waals surface area contributed by atoms with Crippen molar-refractivity contribution in [1.82, 2.24) is 9.80 Å². The number of allylic oxidation sites excluding steroid dienone is 4. The third-order valence-electron chi connectivity index (χ3n) is 14.2. The van der Waals surface area contributed by atoms with Crippen molar-refractivity contribution in [2.45, 2.75) is 161 Å². The molecule has 2 nitrogen and oxygen atoms in total. The molecule has 0 bridgehead atoms. The van der Waals surface area contributed by atoms with Gasteiger partial charge in [-0.3, -0.25) is 4.90 Å². The molecule has 0 radical (unpaired) electrons. The third-order valence-corrected chi connectivity index (χ3v) is 14.2. The van der Waals surface area contributed by atoms with E-state index in [-0.39, 0.29) is 0 Å². The predicted octanol–water partition coefficient (Wildman–Crippen LogP) is 10.8. The molecule has 7 atom stereocenters. The van der Waals surface area contributed by atoms with E-state index in [0.717, 1.165) is 65.5 Å². The Bertz CT molecular complexity index is 985. The van der Waals surface area contributed by atoms with E-state index in [9.17, 15) is 0 Å². The first-order valence-corrected chi connectivity index (χ1v) is 19.9. The largest absolute Gasteiger partial charge is 0.306 e. The second-order valence-electron chi connectivity index (χ2n) is 17.1. The Kier molecular flexibility index (Phi) is 11.5. The molecule has 0 saturated heterocycles. The fourth-order valence-corrected chi connectivity index (χ4v) is 11.5. The summed E-state index contributed by atoms with van der Waals surface area (Å²) in [4.78, 5) is 5.53. The first-order valence-electron chi connectivity index (χ1n) is 19.9. The van der Waals surface area contributed by atoms with Gasteiger partial charge in [0.2, 0.25) is 0 Å². The number of hydrogen-bond acceptors (Lipinski definition) is 2. The van der Waals surface area contributed by atoms with Crippen LogP contribution in [0.1, 0.15) is 143 Å². The number of nitrogens with zero attached hydrogens (tertiary/aromatic N) is 2. The van der Waals surface area contributed by atoms with E-state index < -0.39 is 0 Å². The van der Waals surface area contributed by atoms with Crippen LogP contribution in [-0.4, -0.2) is 48.6 Å². The first kappa shape index (κ1) is 33.1. The lowest BCUT2D eigenvalue weighted by molar-refractivity contribution is 0.0268. The Hall–Kier alpha value is -0.860. The SMILES string of the molecule is CCN1C2CCC(/C=C(\C3CCCCC3)C3CCC(N(C)C)CC3)CC2C=CC2CC(/C=C(\C)C3CCCCC3)C(C)CC21. The monoisotopic (exact) mass is 603 g/mol. The van der Waals surface area contributed by atoms with Gasteiger partial charge in [-0.15, -0.1) is 0 Å². The van der Waals surface area contributed by atoms with Gasteiger partial charge in [-0.25, -0.2) is 0 Å². The smallest absolute Gasteiger partial charge is 0.0164 e. The molecule has 6 aliphatic rings.